The van der Waals surface area contributed by atoms with Crippen LogP contribution in [0.2, 0.25) is 0 Å². The second-order valence-corrected chi connectivity index (χ2v) is 11.0. The van der Waals surface area contributed by atoms with Crippen molar-refractivity contribution < 1.29 is 27.4 Å². The Morgan fingerprint density at radius 2 is 1.81 bits per heavy atom. The molecule has 0 bridgehead atoms. The van der Waals surface area contributed by atoms with Gasteiger partial charge in [-0.05, 0) is 35.2 Å². The first kappa shape index (κ1) is 22.3. The molecule has 2 unspecified atom stereocenters. The fourth-order valence-electron chi connectivity index (χ4n) is 3.66. The minimum absolute atomic E-state index is 0.101. The van der Waals surface area contributed by atoms with Crippen LogP contribution in [-0.4, -0.2) is 52.5 Å². The number of anilines is 1. The average Bonchev–Trinajstić information content (AvgIpc) is 2.74. The number of sulfonamides is 1. The molecule has 32 heavy (non-hydrogen) atoms. The van der Waals surface area contributed by atoms with Crippen LogP contribution in [0.15, 0.2) is 42.5 Å². The van der Waals surface area contributed by atoms with E-state index in [1.807, 2.05) is 30.3 Å². The van der Waals surface area contributed by atoms with Crippen LogP contribution >= 0.6 is 0 Å². The predicted molar refractivity (Wildman–Crippen MR) is 121 cm³/mol. The molecule has 0 saturated carbocycles. The van der Waals surface area contributed by atoms with Gasteiger partial charge in [0.25, 0.3) is 5.91 Å². The summed E-state index contributed by atoms with van der Waals surface area (Å²) in [7, 11) is -3.61. The van der Waals surface area contributed by atoms with Crippen LogP contribution in [0.1, 0.15) is 26.3 Å². The lowest BCUT2D eigenvalue weighted by molar-refractivity contribution is -0.128. The molecule has 0 aromatic heterocycles. The normalized spacial score (nSPS) is 20.2. The number of nitrogens with one attached hydrogen (secondary N) is 1. The van der Waals surface area contributed by atoms with Crippen LogP contribution in [0, 0.1) is 0 Å². The van der Waals surface area contributed by atoms with E-state index in [4.69, 9.17) is 14.2 Å². The summed E-state index contributed by atoms with van der Waals surface area (Å²) in [5.41, 5.74) is 1.27. The van der Waals surface area contributed by atoms with Gasteiger partial charge in [0.2, 0.25) is 10.0 Å². The smallest absolute Gasteiger partial charge is 0.263 e. The molecule has 2 aromatic rings. The lowest BCUT2D eigenvalue weighted by atomic mass is 9.86. The molecule has 2 atom stereocenters. The monoisotopic (exact) mass is 460 g/mol. The Kier molecular flexibility index (Phi) is 5.70. The van der Waals surface area contributed by atoms with Gasteiger partial charge >= 0.3 is 0 Å². The maximum absolute atomic E-state index is 12.8. The van der Waals surface area contributed by atoms with Crippen molar-refractivity contribution >= 4 is 21.6 Å². The first-order chi connectivity index (χ1) is 15.0. The zero-order valence-corrected chi connectivity index (χ0v) is 19.4. The van der Waals surface area contributed by atoms with Crippen molar-refractivity contribution in [1.82, 2.24) is 5.32 Å². The number of para-hydroxylation sites is 2. The highest BCUT2D eigenvalue weighted by molar-refractivity contribution is 7.92. The molecule has 9 heteroatoms. The van der Waals surface area contributed by atoms with E-state index < -0.39 is 22.0 Å². The minimum Gasteiger partial charge on any atom is -0.486 e. The first-order valence-electron chi connectivity index (χ1n) is 10.5. The van der Waals surface area contributed by atoms with Crippen LogP contribution in [0.4, 0.5) is 5.69 Å². The highest BCUT2D eigenvalue weighted by Crippen LogP contribution is 2.38. The molecule has 2 aromatic carbocycles. The van der Waals surface area contributed by atoms with Crippen LogP contribution in [-0.2, 0) is 20.2 Å². The van der Waals surface area contributed by atoms with Gasteiger partial charge in [-0.3, -0.25) is 9.10 Å². The molecule has 2 aliphatic heterocycles. The van der Waals surface area contributed by atoms with E-state index in [1.54, 1.807) is 12.1 Å². The van der Waals surface area contributed by atoms with Gasteiger partial charge in [-0.25, -0.2) is 8.42 Å². The second-order valence-electron chi connectivity index (χ2n) is 9.08. The van der Waals surface area contributed by atoms with Gasteiger partial charge in [-0.2, -0.15) is 0 Å². The molecule has 0 aliphatic carbocycles. The van der Waals surface area contributed by atoms with Crippen molar-refractivity contribution in [2.75, 3.05) is 30.3 Å². The largest absolute Gasteiger partial charge is 0.486 e. The van der Waals surface area contributed by atoms with E-state index in [2.05, 4.69) is 26.1 Å². The molecule has 0 spiro atoms. The van der Waals surface area contributed by atoms with E-state index in [0.717, 1.165) is 11.8 Å². The highest BCUT2D eigenvalue weighted by atomic mass is 32.2. The summed E-state index contributed by atoms with van der Waals surface area (Å²) in [6, 6.07) is 12.8. The Bertz CT molecular complexity index is 1130. The lowest BCUT2D eigenvalue weighted by Gasteiger charge is -2.35. The van der Waals surface area contributed by atoms with E-state index in [9.17, 15) is 13.2 Å². The fourth-order valence-corrected chi connectivity index (χ4v) is 4.57. The second kappa shape index (κ2) is 8.20. The molecule has 4 rings (SSSR count). The summed E-state index contributed by atoms with van der Waals surface area (Å²) in [4.78, 5) is 12.8. The molecule has 2 heterocycles. The Hall–Kier alpha value is -2.94. The number of benzene rings is 2. The number of fused-ring (bicyclic) bond motifs is 2. The summed E-state index contributed by atoms with van der Waals surface area (Å²) in [5, 5.41) is 2.80. The topological polar surface area (TPSA) is 94.2 Å². The van der Waals surface area contributed by atoms with E-state index in [-0.39, 0.29) is 24.6 Å². The Balaban J connectivity index is 1.47. The number of hydrogen-bond acceptors (Lipinski definition) is 6. The van der Waals surface area contributed by atoms with Gasteiger partial charge in [0.15, 0.2) is 17.6 Å². The highest BCUT2D eigenvalue weighted by Gasteiger charge is 2.36. The average molecular weight is 461 g/mol. The minimum atomic E-state index is -3.61. The molecule has 0 saturated heterocycles. The molecule has 172 valence electrons. The SMILES string of the molecule is CC(C)(C)c1ccc2c(c1)N(S(C)(=O)=O)CC(C(=O)NCC1COc3ccccc3O1)O2. The maximum Gasteiger partial charge on any atom is 0.263 e. The summed E-state index contributed by atoms with van der Waals surface area (Å²) < 4.78 is 43.7. The van der Waals surface area contributed by atoms with Gasteiger partial charge < -0.3 is 19.5 Å². The van der Waals surface area contributed by atoms with Gasteiger partial charge in [0, 0.05) is 0 Å². The number of amides is 1. The molecule has 1 N–H and O–H groups in total. The molecule has 8 nitrogen and oxygen atoms in total. The van der Waals surface area contributed by atoms with Crippen molar-refractivity contribution in [3.8, 4) is 17.2 Å². The quantitative estimate of drug-likeness (QED) is 0.753. The van der Waals surface area contributed by atoms with Gasteiger partial charge in [0.05, 0.1) is 25.0 Å². The third-order valence-electron chi connectivity index (χ3n) is 5.46. The van der Waals surface area contributed by atoms with Crippen molar-refractivity contribution in [2.45, 2.75) is 38.4 Å². The standard InChI is InChI=1S/C23H28N2O6S/c1-23(2,3)15-9-10-18-17(11-15)25(32(4,27)28)13-21(31-18)22(26)24-12-16-14-29-19-7-5-6-8-20(19)30-16/h5-11,16,21H,12-14H2,1-4H3,(H,24,26). The first-order valence-corrected chi connectivity index (χ1v) is 12.3. The van der Waals surface area contributed by atoms with Crippen molar-refractivity contribution in [3.63, 3.8) is 0 Å². The molecule has 1 amide bonds. The predicted octanol–water partition coefficient (Wildman–Crippen LogP) is 2.47. The van der Waals surface area contributed by atoms with E-state index in [1.165, 1.54) is 4.31 Å². The van der Waals surface area contributed by atoms with Crippen LogP contribution in [0.25, 0.3) is 0 Å². The van der Waals surface area contributed by atoms with Crippen molar-refractivity contribution in [2.24, 2.45) is 0 Å². The third-order valence-corrected chi connectivity index (χ3v) is 6.61. The van der Waals surface area contributed by atoms with E-state index >= 15 is 0 Å². The molecule has 2 aliphatic rings. The summed E-state index contributed by atoms with van der Waals surface area (Å²) in [6.07, 6.45) is -0.203. The van der Waals surface area contributed by atoms with Crippen LogP contribution < -0.4 is 23.8 Å². The number of carbonyl (C=O) groups excluding carboxylic acids is 1. The number of carbonyl (C=O) groups is 1. The summed E-state index contributed by atoms with van der Waals surface area (Å²) in [5.74, 6) is 1.24. The molecule has 0 radical (unpaired) electrons. The number of ether oxygens (including phenoxy) is 3. The van der Waals surface area contributed by atoms with Crippen molar-refractivity contribution in [1.29, 1.82) is 0 Å². The van der Waals surface area contributed by atoms with Gasteiger partial charge in [-0.1, -0.05) is 39.0 Å². The Morgan fingerprint density at radius 1 is 1.09 bits per heavy atom. The lowest BCUT2D eigenvalue weighted by Crippen LogP contribution is -2.52. The van der Waals surface area contributed by atoms with Crippen molar-refractivity contribution in [3.05, 3.63) is 48.0 Å². The summed E-state index contributed by atoms with van der Waals surface area (Å²) in [6.45, 7) is 6.56. The fraction of sp³-hybridized carbons (Fsp3) is 0.435. The van der Waals surface area contributed by atoms with Crippen LogP contribution in [0.5, 0.6) is 17.2 Å². The molecule has 0 fully saturated rings. The number of rotatable bonds is 4. The molecular weight excluding hydrogens is 432 g/mol. The van der Waals surface area contributed by atoms with Gasteiger partial charge in [-0.15, -0.1) is 0 Å². The third kappa shape index (κ3) is 4.62. The summed E-state index contributed by atoms with van der Waals surface area (Å²) >= 11 is 0. The van der Waals surface area contributed by atoms with Gasteiger partial charge in [0.1, 0.15) is 18.5 Å². The molecular formula is C23H28N2O6S. The van der Waals surface area contributed by atoms with E-state index in [0.29, 0.717) is 29.5 Å². The Labute approximate surface area is 188 Å². The number of nitrogens with zero attached hydrogens (tertiary/aromatic N) is 1. The zero-order valence-electron chi connectivity index (χ0n) is 18.6. The maximum atomic E-state index is 12.8. The zero-order chi connectivity index (χ0) is 23.1. The number of hydrogen-bond donors (Lipinski definition) is 1. The Morgan fingerprint density at radius 3 is 2.50 bits per heavy atom. The van der Waals surface area contributed by atoms with Crippen LogP contribution in [0.3, 0.4) is 0 Å².